The number of rotatable bonds is 8. The van der Waals surface area contributed by atoms with Crippen molar-refractivity contribution in [2.45, 2.75) is 18.8 Å². The fourth-order valence-corrected chi connectivity index (χ4v) is 2.90. The summed E-state index contributed by atoms with van der Waals surface area (Å²) < 4.78 is 11.4. The topological polar surface area (TPSA) is 135 Å². The molecule has 9 nitrogen and oxygen atoms in total. The Bertz CT molecular complexity index is 887. The third kappa shape index (κ3) is 5.15. The van der Waals surface area contributed by atoms with E-state index < -0.39 is 5.91 Å². The van der Waals surface area contributed by atoms with Crippen LogP contribution in [0.25, 0.3) is 5.57 Å². The number of nitrogen functional groups attached to an aromatic ring is 1. The summed E-state index contributed by atoms with van der Waals surface area (Å²) in [7, 11) is 1.71. The summed E-state index contributed by atoms with van der Waals surface area (Å²) in [4.78, 5) is 21.1. The molecule has 2 atom stereocenters. The van der Waals surface area contributed by atoms with Gasteiger partial charge in [0.25, 0.3) is 5.91 Å². The number of aromatic nitrogens is 2. The molecule has 29 heavy (non-hydrogen) atoms. The number of nitrogens with zero attached hydrogens (tertiary/aromatic N) is 2. The van der Waals surface area contributed by atoms with E-state index in [0.29, 0.717) is 31.1 Å². The maximum atomic E-state index is 12.8. The molecule has 0 saturated carbocycles. The van der Waals surface area contributed by atoms with Crippen molar-refractivity contribution in [2.24, 2.45) is 0 Å². The Hall–Kier alpha value is -3.30. The maximum absolute atomic E-state index is 12.8. The molecule has 152 valence electrons. The second-order valence-electron chi connectivity index (χ2n) is 6.47. The van der Waals surface area contributed by atoms with Gasteiger partial charge in [-0.3, -0.25) is 4.79 Å². The van der Waals surface area contributed by atoms with Crippen LogP contribution in [0.3, 0.4) is 0 Å². The van der Waals surface area contributed by atoms with Gasteiger partial charge >= 0.3 is 0 Å². The molecule has 1 amide bonds. The fourth-order valence-electron chi connectivity index (χ4n) is 2.90. The van der Waals surface area contributed by atoms with Crippen molar-refractivity contribution >= 4 is 23.5 Å². The quantitative estimate of drug-likeness (QED) is 0.489. The zero-order valence-electron chi connectivity index (χ0n) is 16.1. The second kappa shape index (κ2) is 9.76. The van der Waals surface area contributed by atoms with Gasteiger partial charge in [0.1, 0.15) is 6.10 Å². The van der Waals surface area contributed by atoms with E-state index in [9.17, 15) is 4.79 Å². The number of benzene rings is 1. The van der Waals surface area contributed by atoms with E-state index in [4.69, 9.17) is 20.6 Å². The van der Waals surface area contributed by atoms with Crippen molar-refractivity contribution in [3.8, 4) is 0 Å². The molecular formula is C20H24N6O3. The lowest BCUT2D eigenvalue weighted by Gasteiger charge is -2.20. The third-order valence-electron chi connectivity index (χ3n) is 4.42. The molecule has 5 N–H and O–H groups in total. The molecule has 2 heterocycles. The summed E-state index contributed by atoms with van der Waals surface area (Å²) in [6, 6.07) is 9.47. The number of nitrogens with two attached hydrogens (primary N) is 1. The molecule has 2 aromatic rings. The number of allylic oxidation sites excluding steroid dienone is 1. The summed E-state index contributed by atoms with van der Waals surface area (Å²) in [6.07, 6.45) is 3.85. The molecule has 1 aromatic carbocycles. The van der Waals surface area contributed by atoms with Crippen LogP contribution in [0.2, 0.25) is 0 Å². The minimum atomic E-state index is -0.463. The first-order valence-corrected chi connectivity index (χ1v) is 9.17. The fraction of sp³-hybridized carbons (Fsp3) is 0.300. The van der Waals surface area contributed by atoms with Gasteiger partial charge < -0.3 is 31.3 Å². The number of anilines is 1. The second-order valence-corrected chi connectivity index (χ2v) is 6.47. The molecule has 1 aliphatic rings. The average Bonchev–Trinajstić information content (AvgIpc) is 3.18. The van der Waals surface area contributed by atoms with Gasteiger partial charge in [0.15, 0.2) is 11.5 Å². The zero-order chi connectivity index (χ0) is 20.6. The van der Waals surface area contributed by atoms with Gasteiger partial charge in [-0.1, -0.05) is 30.3 Å². The van der Waals surface area contributed by atoms with Crippen molar-refractivity contribution in [2.75, 3.05) is 26.0 Å². The van der Waals surface area contributed by atoms with Crippen LogP contribution in [0.1, 0.15) is 21.7 Å². The Morgan fingerprint density at radius 2 is 2.17 bits per heavy atom. The number of ether oxygens (including phenoxy) is 2. The minimum absolute atomic E-state index is 0.0000578. The average molecular weight is 396 g/mol. The first-order valence-electron chi connectivity index (χ1n) is 9.17. The molecular weight excluding hydrogens is 372 g/mol. The van der Waals surface area contributed by atoms with E-state index in [-0.39, 0.29) is 23.7 Å². The van der Waals surface area contributed by atoms with E-state index >= 15 is 0 Å². The number of hydrogen-bond acceptors (Lipinski definition) is 8. The summed E-state index contributed by atoms with van der Waals surface area (Å²) in [6.45, 7) is 1.15. The largest absolute Gasteiger partial charge is 0.393 e. The molecule has 0 radical (unpaired) electrons. The van der Waals surface area contributed by atoms with E-state index in [1.165, 1.54) is 6.20 Å². The molecule has 1 aromatic heterocycles. The summed E-state index contributed by atoms with van der Waals surface area (Å²) in [5.74, 6) is -0.449. The zero-order valence-corrected chi connectivity index (χ0v) is 16.1. The highest BCUT2D eigenvalue weighted by molar-refractivity contribution is 6.07. The van der Waals surface area contributed by atoms with Crippen LogP contribution < -0.4 is 16.4 Å². The lowest BCUT2D eigenvalue weighted by molar-refractivity contribution is 0.0218. The van der Waals surface area contributed by atoms with Gasteiger partial charge in [0, 0.05) is 25.0 Å². The van der Waals surface area contributed by atoms with Crippen LogP contribution >= 0.6 is 0 Å². The molecule has 9 heteroatoms. The molecule has 3 rings (SSSR count). The van der Waals surface area contributed by atoms with Crippen LogP contribution in [0.5, 0.6) is 0 Å². The van der Waals surface area contributed by atoms with E-state index in [1.807, 2.05) is 30.3 Å². The normalized spacial score (nSPS) is 19.0. The summed E-state index contributed by atoms with van der Waals surface area (Å²) in [5, 5.41) is 13.2. The Kier molecular flexibility index (Phi) is 6.88. The third-order valence-corrected chi connectivity index (χ3v) is 4.42. The SMILES string of the molecule is CN/C=C(\C=N)c1cnc(N)c(C(=O)N[C@H]2COCC2OCc2ccccc2)n1. The molecule has 1 saturated heterocycles. The number of amides is 1. The van der Waals surface area contributed by atoms with E-state index in [2.05, 4.69) is 20.6 Å². The first-order chi connectivity index (χ1) is 14.1. The first kappa shape index (κ1) is 20.4. The summed E-state index contributed by atoms with van der Waals surface area (Å²) in [5.41, 5.74) is 7.75. The number of carbonyl (C=O) groups is 1. The monoisotopic (exact) mass is 396 g/mol. The maximum Gasteiger partial charge on any atom is 0.274 e. The van der Waals surface area contributed by atoms with Crippen LogP contribution in [0.4, 0.5) is 5.82 Å². The highest BCUT2D eigenvalue weighted by Crippen LogP contribution is 2.16. The standard InChI is InChI=1S/C20H24N6O3/c1-23-8-14(7-21)15-9-24-19(22)18(25-15)20(27)26-16-11-28-12-17(16)29-10-13-5-3-2-4-6-13/h2-9,16-17,21,23H,10-12H2,1H3,(H2,22,24)(H,26,27)/b14-8+,21-7?/t16-,17?/m0/s1. The Morgan fingerprint density at radius 1 is 1.38 bits per heavy atom. The Morgan fingerprint density at radius 3 is 2.90 bits per heavy atom. The van der Waals surface area contributed by atoms with E-state index in [0.717, 1.165) is 11.8 Å². The van der Waals surface area contributed by atoms with Crippen molar-refractivity contribution < 1.29 is 14.3 Å². The van der Waals surface area contributed by atoms with Crippen LogP contribution in [0.15, 0.2) is 42.7 Å². The van der Waals surface area contributed by atoms with Crippen LogP contribution in [-0.2, 0) is 16.1 Å². The smallest absolute Gasteiger partial charge is 0.274 e. The molecule has 0 aliphatic carbocycles. The van der Waals surface area contributed by atoms with Gasteiger partial charge in [-0.2, -0.15) is 0 Å². The lowest BCUT2D eigenvalue weighted by Crippen LogP contribution is -2.44. The number of nitrogens with one attached hydrogen (secondary N) is 3. The van der Waals surface area contributed by atoms with Crippen molar-refractivity contribution in [3.05, 3.63) is 59.7 Å². The van der Waals surface area contributed by atoms with Gasteiger partial charge in [-0.25, -0.2) is 9.97 Å². The predicted octanol–water partition coefficient (Wildman–Crippen LogP) is 0.983. The highest BCUT2D eigenvalue weighted by Gasteiger charge is 2.31. The predicted molar refractivity (Wildman–Crippen MR) is 109 cm³/mol. The molecule has 0 spiro atoms. The Labute approximate surface area is 168 Å². The van der Waals surface area contributed by atoms with Gasteiger partial charge in [-0.15, -0.1) is 0 Å². The van der Waals surface area contributed by atoms with Crippen molar-refractivity contribution in [1.82, 2.24) is 20.6 Å². The number of carbonyl (C=O) groups excluding carboxylic acids is 1. The highest BCUT2D eigenvalue weighted by atomic mass is 16.5. The van der Waals surface area contributed by atoms with Crippen molar-refractivity contribution in [3.63, 3.8) is 0 Å². The Balaban J connectivity index is 1.68. The van der Waals surface area contributed by atoms with E-state index in [1.54, 1.807) is 13.2 Å². The lowest BCUT2D eigenvalue weighted by atomic mass is 10.2. The minimum Gasteiger partial charge on any atom is -0.393 e. The molecule has 0 bridgehead atoms. The van der Waals surface area contributed by atoms with Crippen LogP contribution in [0, 0.1) is 5.41 Å². The summed E-state index contributed by atoms with van der Waals surface area (Å²) >= 11 is 0. The molecule has 1 unspecified atom stereocenters. The van der Waals surface area contributed by atoms with Gasteiger partial charge in [-0.05, 0) is 5.56 Å². The van der Waals surface area contributed by atoms with Gasteiger partial charge in [0.05, 0.1) is 37.8 Å². The van der Waals surface area contributed by atoms with Crippen LogP contribution in [-0.4, -0.2) is 54.5 Å². The van der Waals surface area contributed by atoms with Crippen molar-refractivity contribution in [1.29, 1.82) is 5.41 Å². The molecule has 1 fully saturated rings. The van der Waals surface area contributed by atoms with Gasteiger partial charge in [0.2, 0.25) is 0 Å². The molecule has 1 aliphatic heterocycles. The number of hydrogen-bond donors (Lipinski definition) is 4.